The van der Waals surface area contributed by atoms with Crippen molar-refractivity contribution in [1.29, 1.82) is 0 Å². The fraction of sp³-hybridized carbons (Fsp3) is 0.519. The fourth-order valence-corrected chi connectivity index (χ4v) is 6.93. The Kier molecular flexibility index (Phi) is 6.93. The summed E-state index contributed by atoms with van der Waals surface area (Å²) in [7, 11) is -1.69. The van der Waals surface area contributed by atoms with E-state index in [0.29, 0.717) is 35.2 Å². The molecule has 1 aliphatic heterocycles. The van der Waals surface area contributed by atoms with Crippen LogP contribution in [-0.2, 0) is 16.4 Å². The summed E-state index contributed by atoms with van der Waals surface area (Å²) in [6.45, 7) is 1.49. The number of aryl methyl sites for hydroxylation is 1. The third kappa shape index (κ3) is 5.15. The van der Waals surface area contributed by atoms with Crippen LogP contribution < -0.4 is 14.8 Å². The summed E-state index contributed by atoms with van der Waals surface area (Å²) < 4.78 is 33.1. The first-order chi connectivity index (χ1) is 16.5. The molecule has 7 heteroatoms. The van der Waals surface area contributed by atoms with Crippen molar-refractivity contribution in [2.24, 2.45) is 16.8 Å². The molecule has 2 atom stereocenters. The summed E-state index contributed by atoms with van der Waals surface area (Å²) in [4.78, 5) is 5.37. The van der Waals surface area contributed by atoms with E-state index in [0.717, 1.165) is 63.1 Å². The summed E-state index contributed by atoms with van der Waals surface area (Å²) >= 11 is 0. The van der Waals surface area contributed by atoms with Crippen molar-refractivity contribution in [3.63, 3.8) is 0 Å². The standard InChI is InChI=1S/C27H35N3O3S/c1-33-22-12-13-24-21(15-22)11-14-26-25(24)16-27(30-26)28-17-19-7-9-20(10-8-19)18-29-34(31,32)23-5-3-2-4-6-23/h2-6,12-13,15,19-20,25-26,29H,7-11,14,16-18H2,1H3,(H,28,30)/t19-,20-,25-,26+/m0/s1. The number of benzene rings is 2. The highest BCUT2D eigenvalue weighted by molar-refractivity contribution is 7.89. The lowest BCUT2D eigenvalue weighted by Gasteiger charge is -2.29. The van der Waals surface area contributed by atoms with Gasteiger partial charge in [-0.3, -0.25) is 4.99 Å². The van der Waals surface area contributed by atoms with Gasteiger partial charge in [0.1, 0.15) is 5.75 Å². The number of aliphatic imine (C=N–C) groups is 1. The lowest BCUT2D eigenvalue weighted by Crippen LogP contribution is -2.34. The Labute approximate surface area is 203 Å². The Morgan fingerprint density at radius 2 is 1.71 bits per heavy atom. The second kappa shape index (κ2) is 10.1. The highest BCUT2D eigenvalue weighted by Crippen LogP contribution is 2.41. The molecule has 0 spiro atoms. The van der Waals surface area contributed by atoms with Gasteiger partial charge in [0.15, 0.2) is 0 Å². The van der Waals surface area contributed by atoms with E-state index in [1.165, 1.54) is 11.1 Å². The molecule has 0 amide bonds. The first kappa shape index (κ1) is 23.4. The zero-order chi connectivity index (χ0) is 23.5. The molecule has 2 aromatic rings. The summed E-state index contributed by atoms with van der Waals surface area (Å²) in [6, 6.07) is 15.5. The van der Waals surface area contributed by atoms with Crippen molar-refractivity contribution in [1.82, 2.24) is 10.0 Å². The number of nitrogens with one attached hydrogen (secondary N) is 2. The highest BCUT2D eigenvalue weighted by atomic mass is 32.2. The summed E-state index contributed by atoms with van der Waals surface area (Å²) in [5.74, 6) is 3.64. The molecule has 182 valence electrons. The lowest BCUT2D eigenvalue weighted by molar-refractivity contribution is 0.275. The molecule has 2 aromatic carbocycles. The first-order valence-electron chi connectivity index (χ1n) is 12.5. The van der Waals surface area contributed by atoms with E-state index in [9.17, 15) is 8.42 Å². The molecule has 1 heterocycles. The second-order valence-corrected chi connectivity index (χ2v) is 11.8. The van der Waals surface area contributed by atoms with Crippen molar-refractivity contribution < 1.29 is 13.2 Å². The SMILES string of the molecule is COc1ccc2c(c1)CC[C@H]1N=C(NC[C@H]3CC[C@H](CNS(=O)(=O)c4ccccc4)CC3)C[C@@H]21. The number of sulfonamides is 1. The average Bonchev–Trinajstić information content (AvgIpc) is 3.31. The average molecular weight is 482 g/mol. The van der Waals surface area contributed by atoms with Crippen molar-refractivity contribution in [2.45, 2.75) is 61.8 Å². The largest absolute Gasteiger partial charge is 0.497 e. The van der Waals surface area contributed by atoms with Gasteiger partial charge in [-0.15, -0.1) is 0 Å². The molecule has 2 N–H and O–H groups in total. The van der Waals surface area contributed by atoms with Gasteiger partial charge in [-0.2, -0.15) is 0 Å². The topological polar surface area (TPSA) is 79.8 Å². The van der Waals surface area contributed by atoms with Gasteiger partial charge in [0.2, 0.25) is 10.0 Å². The van der Waals surface area contributed by atoms with Crippen LogP contribution in [0.3, 0.4) is 0 Å². The van der Waals surface area contributed by atoms with E-state index in [2.05, 4.69) is 28.2 Å². The molecule has 0 radical (unpaired) electrons. The number of amidine groups is 1. The van der Waals surface area contributed by atoms with Crippen molar-refractivity contribution >= 4 is 15.9 Å². The smallest absolute Gasteiger partial charge is 0.240 e. The fourth-order valence-electron chi connectivity index (χ4n) is 5.79. The second-order valence-electron chi connectivity index (χ2n) is 9.99. The predicted molar refractivity (Wildman–Crippen MR) is 135 cm³/mol. The quantitative estimate of drug-likeness (QED) is 0.619. The minimum atomic E-state index is -3.42. The number of hydrogen-bond donors (Lipinski definition) is 2. The molecule has 1 fully saturated rings. The summed E-state index contributed by atoms with van der Waals surface area (Å²) in [5.41, 5.74) is 2.86. The molecule has 6 nitrogen and oxygen atoms in total. The Morgan fingerprint density at radius 3 is 2.44 bits per heavy atom. The first-order valence-corrected chi connectivity index (χ1v) is 14.0. The predicted octanol–water partition coefficient (Wildman–Crippen LogP) is 4.27. The third-order valence-corrected chi connectivity index (χ3v) is 9.27. The number of ether oxygens (including phenoxy) is 1. The van der Waals surface area contributed by atoms with Crippen LogP contribution in [0.1, 0.15) is 55.6 Å². The Balaban J connectivity index is 1.07. The van der Waals surface area contributed by atoms with Gasteiger partial charge in [0.05, 0.1) is 23.9 Å². The molecule has 0 unspecified atom stereocenters. The van der Waals surface area contributed by atoms with Gasteiger partial charge in [-0.1, -0.05) is 24.3 Å². The van der Waals surface area contributed by atoms with Crippen LogP contribution in [0.4, 0.5) is 0 Å². The van der Waals surface area contributed by atoms with Gasteiger partial charge in [0.25, 0.3) is 0 Å². The van der Waals surface area contributed by atoms with Gasteiger partial charge >= 0.3 is 0 Å². The van der Waals surface area contributed by atoms with Crippen molar-refractivity contribution in [2.75, 3.05) is 20.2 Å². The zero-order valence-corrected chi connectivity index (χ0v) is 20.7. The number of nitrogens with zero attached hydrogens (tertiary/aromatic N) is 1. The minimum absolute atomic E-state index is 0.340. The van der Waals surface area contributed by atoms with Crippen LogP contribution in [0.15, 0.2) is 58.4 Å². The minimum Gasteiger partial charge on any atom is -0.497 e. The van der Waals surface area contributed by atoms with E-state index in [1.807, 2.05) is 6.07 Å². The van der Waals surface area contributed by atoms with Crippen LogP contribution in [-0.4, -0.2) is 40.5 Å². The van der Waals surface area contributed by atoms with E-state index in [-0.39, 0.29) is 0 Å². The maximum Gasteiger partial charge on any atom is 0.240 e. The maximum atomic E-state index is 12.5. The molecule has 3 aliphatic rings. The molecular formula is C27H35N3O3S. The molecule has 0 aromatic heterocycles. The Bertz CT molecular complexity index is 1130. The van der Waals surface area contributed by atoms with Crippen molar-refractivity contribution in [3.8, 4) is 5.75 Å². The monoisotopic (exact) mass is 481 g/mol. The molecule has 1 saturated carbocycles. The summed E-state index contributed by atoms with van der Waals surface area (Å²) in [5, 5.41) is 3.67. The normalized spacial score (nSPS) is 26.3. The Morgan fingerprint density at radius 1 is 0.971 bits per heavy atom. The van der Waals surface area contributed by atoms with Gasteiger partial charge in [0, 0.05) is 25.4 Å². The van der Waals surface area contributed by atoms with E-state index in [4.69, 9.17) is 9.73 Å². The van der Waals surface area contributed by atoms with Crippen molar-refractivity contribution in [3.05, 3.63) is 59.7 Å². The molecule has 0 bridgehead atoms. The third-order valence-electron chi connectivity index (χ3n) is 7.84. The van der Waals surface area contributed by atoms with Crippen LogP contribution >= 0.6 is 0 Å². The molecule has 0 saturated heterocycles. The van der Waals surface area contributed by atoms with Gasteiger partial charge < -0.3 is 10.1 Å². The zero-order valence-electron chi connectivity index (χ0n) is 19.9. The number of hydrogen-bond acceptors (Lipinski definition) is 5. The number of fused-ring (bicyclic) bond motifs is 3. The van der Waals surface area contributed by atoms with E-state index in [1.54, 1.807) is 31.4 Å². The highest BCUT2D eigenvalue weighted by Gasteiger charge is 2.35. The van der Waals surface area contributed by atoms with Gasteiger partial charge in [-0.25, -0.2) is 13.1 Å². The molecular weight excluding hydrogens is 446 g/mol. The molecule has 34 heavy (non-hydrogen) atoms. The van der Waals surface area contributed by atoms with E-state index >= 15 is 0 Å². The van der Waals surface area contributed by atoms with Gasteiger partial charge in [-0.05, 0) is 85.8 Å². The number of methoxy groups -OCH3 is 1. The van der Waals surface area contributed by atoms with Crippen LogP contribution in [0.2, 0.25) is 0 Å². The maximum absolute atomic E-state index is 12.5. The molecule has 5 rings (SSSR count). The Hall–Kier alpha value is -2.38. The van der Waals surface area contributed by atoms with E-state index < -0.39 is 10.0 Å². The molecule has 2 aliphatic carbocycles. The summed E-state index contributed by atoms with van der Waals surface area (Å²) in [6.07, 6.45) is 7.58. The number of rotatable bonds is 7. The van der Waals surface area contributed by atoms with Crippen LogP contribution in [0, 0.1) is 11.8 Å². The van der Waals surface area contributed by atoms with Crippen LogP contribution in [0.5, 0.6) is 5.75 Å². The lowest BCUT2D eigenvalue weighted by atomic mass is 9.79. The van der Waals surface area contributed by atoms with Crippen LogP contribution in [0.25, 0.3) is 0 Å².